The topological polar surface area (TPSA) is 21.8 Å². The minimum Gasteiger partial charge on any atom is -0.405 e. The maximum absolute atomic E-state index is 7.13. The number of hydrogen-bond acceptors (Lipinski definition) is 2. The molecule has 0 radical (unpaired) electrons. The van der Waals surface area contributed by atoms with Crippen LogP contribution in [0.4, 0.5) is 0 Å². The Hall–Kier alpha value is -2.09. The van der Waals surface area contributed by atoms with Crippen molar-refractivity contribution in [3.63, 3.8) is 0 Å². The molecule has 0 bridgehead atoms. The molecule has 1 aliphatic heterocycles. The first kappa shape index (κ1) is 26.5. The van der Waals surface area contributed by atoms with Crippen LogP contribution in [-0.2, 0) is 9.16 Å². The second-order valence-corrected chi connectivity index (χ2v) is 20.8. The van der Waals surface area contributed by atoms with E-state index in [0.29, 0.717) is 6.61 Å². The van der Waals surface area contributed by atoms with Crippen molar-refractivity contribution in [1.82, 2.24) is 0 Å². The molecule has 1 aliphatic rings. The Kier molecular flexibility index (Phi) is 8.32. The number of benzene rings is 2. The lowest BCUT2D eigenvalue weighted by molar-refractivity contribution is 0.248. The first-order valence-electron chi connectivity index (χ1n) is 12.5. The van der Waals surface area contributed by atoms with Gasteiger partial charge in [-0.15, -0.1) is 0 Å². The third kappa shape index (κ3) is 5.42. The van der Waals surface area contributed by atoms with Gasteiger partial charge in [-0.25, -0.2) is 0 Å². The van der Waals surface area contributed by atoms with Gasteiger partial charge in [0.05, 0.1) is 6.61 Å². The fourth-order valence-electron chi connectivity index (χ4n) is 4.76. The second-order valence-electron chi connectivity index (χ2n) is 11.2. The maximum atomic E-state index is 7.13. The van der Waals surface area contributed by atoms with Crippen molar-refractivity contribution in [2.75, 3.05) is 6.61 Å². The molecule has 2 aromatic carbocycles. The molecule has 34 heavy (non-hydrogen) atoms. The Bertz CT molecular complexity index is 1020. The normalized spacial score (nSPS) is 20.0. The molecule has 1 saturated heterocycles. The smallest absolute Gasteiger partial charge is 0.261 e. The molecule has 1 heterocycles. The van der Waals surface area contributed by atoms with Gasteiger partial charge in [-0.2, -0.15) is 0 Å². The van der Waals surface area contributed by atoms with Crippen molar-refractivity contribution >= 4 is 26.8 Å². The van der Waals surface area contributed by atoms with Crippen LogP contribution in [0.3, 0.4) is 0 Å². The third-order valence-corrected chi connectivity index (χ3v) is 14.6. The van der Waals surface area contributed by atoms with Gasteiger partial charge in [-0.1, -0.05) is 126 Å². The minimum atomic E-state index is -2.59. The van der Waals surface area contributed by atoms with Gasteiger partial charge in [-0.05, 0) is 33.7 Å². The van der Waals surface area contributed by atoms with Gasteiger partial charge in [0.2, 0.25) is 0 Å². The number of ether oxygens (including phenoxy) is 1. The standard InChI is InChI=1S/C30H40O2Si2/c1-8-9-10-11-12-19-24-30(33(5,6)7)28(32-30)25-31-34(29(2,3)4,26-20-15-13-16-21-26)27-22-17-14-18-23-27/h13-18,20-23,28H,8-10,25H2,1-7H3/t28-,30-/m1/s1. The minimum absolute atomic E-state index is 0.00856. The summed E-state index contributed by atoms with van der Waals surface area (Å²) >= 11 is 0. The van der Waals surface area contributed by atoms with Crippen LogP contribution in [0.2, 0.25) is 24.7 Å². The van der Waals surface area contributed by atoms with Crippen molar-refractivity contribution in [2.24, 2.45) is 0 Å². The summed E-state index contributed by atoms with van der Waals surface area (Å²) in [4.78, 5) is 0. The van der Waals surface area contributed by atoms with Crippen LogP contribution in [0, 0.1) is 23.7 Å². The lowest BCUT2D eigenvalue weighted by atomic mass is 10.2. The van der Waals surface area contributed by atoms with E-state index >= 15 is 0 Å². The Balaban J connectivity index is 1.93. The van der Waals surface area contributed by atoms with Gasteiger partial charge in [-0.3, -0.25) is 0 Å². The average Bonchev–Trinajstić information content (AvgIpc) is 3.52. The number of hydrogen-bond donors (Lipinski definition) is 0. The van der Waals surface area contributed by atoms with Gasteiger partial charge >= 0.3 is 0 Å². The predicted molar refractivity (Wildman–Crippen MR) is 150 cm³/mol. The van der Waals surface area contributed by atoms with Gasteiger partial charge in [0.25, 0.3) is 8.32 Å². The van der Waals surface area contributed by atoms with E-state index in [4.69, 9.17) is 9.16 Å². The zero-order valence-corrected chi connectivity index (χ0v) is 24.0. The molecule has 0 spiro atoms. The number of rotatable bonds is 8. The van der Waals surface area contributed by atoms with E-state index in [1.54, 1.807) is 0 Å². The summed E-state index contributed by atoms with van der Waals surface area (Å²) in [6.07, 6.45) is 3.18. The maximum Gasteiger partial charge on any atom is 0.261 e. The van der Waals surface area contributed by atoms with E-state index in [1.807, 2.05) is 0 Å². The first-order valence-corrected chi connectivity index (χ1v) is 17.9. The molecule has 2 aromatic rings. The molecule has 2 nitrogen and oxygen atoms in total. The molecule has 180 valence electrons. The highest BCUT2D eigenvalue weighted by Crippen LogP contribution is 2.45. The van der Waals surface area contributed by atoms with Crippen LogP contribution in [0.1, 0.15) is 47.0 Å². The molecule has 0 amide bonds. The summed E-state index contributed by atoms with van der Waals surface area (Å²) in [6.45, 7) is 16.6. The molecule has 2 atom stereocenters. The summed E-state index contributed by atoms with van der Waals surface area (Å²) in [5, 5.41) is 2.14. The summed E-state index contributed by atoms with van der Waals surface area (Å²) in [6, 6.07) is 21.6. The largest absolute Gasteiger partial charge is 0.405 e. The molecule has 0 saturated carbocycles. The molecular weight excluding hydrogens is 449 g/mol. The monoisotopic (exact) mass is 488 g/mol. The van der Waals surface area contributed by atoms with E-state index in [-0.39, 0.29) is 11.1 Å². The van der Waals surface area contributed by atoms with Crippen molar-refractivity contribution in [3.05, 3.63) is 60.7 Å². The summed E-state index contributed by atoms with van der Waals surface area (Å²) in [5.41, 5.74) is 0. The Morgan fingerprint density at radius 1 is 0.912 bits per heavy atom. The fourth-order valence-corrected chi connectivity index (χ4v) is 11.3. The zero-order chi connectivity index (χ0) is 24.9. The highest BCUT2D eigenvalue weighted by atomic mass is 28.4. The van der Waals surface area contributed by atoms with Gasteiger partial charge in [0.15, 0.2) is 0 Å². The number of unbranched alkanes of at least 4 members (excludes halogenated alkanes) is 2. The van der Waals surface area contributed by atoms with Crippen LogP contribution >= 0.6 is 0 Å². The first-order chi connectivity index (χ1) is 16.1. The Morgan fingerprint density at radius 3 is 1.94 bits per heavy atom. The van der Waals surface area contributed by atoms with Crippen molar-refractivity contribution < 1.29 is 9.16 Å². The van der Waals surface area contributed by atoms with E-state index in [1.165, 1.54) is 10.4 Å². The average molecular weight is 489 g/mol. The zero-order valence-electron chi connectivity index (χ0n) is 22.0. The summed E-state index contributed by atoms with van der Waals surface area (Å²) in [7, 11) is -4.33. The van der Waals surface area contributed by atoms with Crippen LogP contribution in [0.15, 0.2) is 60.7 Å². The Labute approximate surface area is 209 Å². The van der Waals surface area contributed by atoms with Crippen LogP contribution in [0.5, 0.6) is 0 Å². The van der Waals surface area contributed by atoms with E-state index in [0.717, 1.165) is 19.3 Å². The van der Waals surface area contributed by atoms with Crippen LogP contribution < -0.4 is 10.4 Å². The van der Waals surface area contributed by atoms with Crippen molar-refractivity contribution in [1.29, 1.82) is 0 Å². The fraction of sp³-hybridized carbons (Fsp3) is 0.467. The third-order valence-electron chi connectivity index (χ3n) is 6.76. The highest BCUT2D eigenvalue weighted by molar-refractivity contribution is 6.99. The summed E-state index contributed by atoms with van der Waals surface area (Å²) < 4.78 is 13.5. The molecule has 0 aromatic heterocycles. The van der Waals surface area contributed by atoms with E-state index in [2.05, 4.69) is 132 Å². The molecule has 4 heteroatoms. The summed E-state index contributed by atoms with van der Waals surface area (Å²) in [5.74, 6) is 12.8. The van der Waals surface area contributed by atoms with E-state index < -0.39 is 21.6 Å². The molecule has 0 unspecified atom stereocenters. The van der Waals surface area contributed by atoms with E-state index in [9.17, 15) is 0 Å². The SMILES string of the molecule is CCCCC#CC#C[C@]1([Si](C)(C)C)O[C@@H]1CO[Si](c1ccccc1)(c1ccccc1)C(C)(C)C. The van der Waals surface area contributed by atoms with Gasteiger partial charge < -0.3 is 9.16 Å². The van der Waals surface area contributed by atoms with Gasteiger partial charge in [0.1, 0.15) is 19.4 Å². The lowest BCUT2D eigenvalue weighted by Gasteiger charge is -2.43. The molecular formula is C30H40O2Si2. The molecule has 0 aliphatic carbocycles. The quantitative estimate of drug-likeness (QED) is 0.203. The second kappa shape index (κ2) is 10.7. The van der Waals surface area contributed by atoms with Crippen LogP contribution in [0.25, 0.3) is 0 Å². The molecule has 0 N–H and O–H groups in total. The van der Waals surface area contributed by atoms with Crippen LogP contribution in [-0.4, -0.2) is 34.3 Å². The Morgan fingerprint density at radius 2 is 1.47 bits per heavy atom. The highest BCUT2D eigenvalue weighted by Gasteiger charge is 2.64. The van der Waals surface area contributed by atoms with Gasteiger partial charge in [0, 0.05) is 6.42 Å². The molecule has 3 rings (SSSR count). The van der Waals surface area contributed by atoms with Crippen molar-refractivity contribution in [3.8, 4) is 23.7 Å². The molecule has 1 fully saturated rings. The van der Waals surface area contributed by atoms with Crippen molar-refractivity contribution in [2.45, 2.75) is 83.0 Å². The predicted octanol–water partition coefficient (Wildman–Crippen LogP) is 5.78. The lowest BCUT2D eigenvalue weighted by Crippen LogP contribution is -2.67. The number of epoxide rings is 1.